The zero-order valence-corrected chi connectivity index (χ0v) is 12.2. The van der Waals surface area contributed by atoms with Gasteiger partial charge < -0.3 is 15.5 Å². The molecule has 0 aliphatic heterocycles. The molecular formula is C15H19FN5. The molecule has 2 N–H and O–H groups in total. The highest BCUT2D eigenvalue weighted by Crippen LogP contribution is 2.24. The summed E-state index contributed by atoms with van der Waals surface area (Å²) >= 11 is 0. The van der Waals surface area contributed by atoms with Crippen LogP contribution in [0.3, 0.4) is 0 Å². The third-order valence-corrected chi connectivity index (χ3v) is 2.86. The van der Waals surface area contributed by atoms with Gasteiger partial charge in [0.2, 0.25) is 5.95 Å². The van der Waals surface area contributed by atoms with E-state index >= 15 is 0 Å². The van der Waals surface area contributed by atoms with Crippen LogP contribution < -0.4 is 10.6 Å². The second-order valence-electron chi connectivity index (χ2n) is 4.89. The molecular weight excluding hydrogens is 269 g/mol. The predicted octanol–water partition coefficient (Wildman–Crippen LogP) is 2.52. The van der Waals surface area contributed by atoms with E-state index < -0.39 is 0 Å². The van der Waals surface area contributed by atoms with E-state index in [2.05, 4.69) is 31.7 Å². The summed E-state index contributed by atoms with van der Waals surface area (Å²) in [7, 11) is 4.03. The van der Waals surface area contributed by atoms with E-state index in [1.807, 2.05) is 14.1 Å². The molecule has 1 aromatic heterocycles. The fourth-order valence-corrected chi connectivity index (χ4v) is 1.83. The first-order chi connectivity index (χ1) is 10.2. The Bertz CT molecular complexity index is 559. The van der Waals surface area contributed by atoms with Gasteiger partial charge in [0.15, 0.2) is 5.82 Å². The summed E-state index contributed by atoms with van der Waals surface area (Å²) in [6.45, 7) is 1.68. The van der Waals surface area contributed by atoms with Crippen molar-refractivity contribution in [2.45, 2.75) is 6.42 Å². The summed E-state index contributed by atoms with van der Waals surface area (Å²) in [5.41, 5.74) is 0.811. The first-order valence-corrected chi connectivity index (χ1v) is 6.80. The molecule has 1 aromatic carbocycles. The van der Waals surface area contributed by atoms with Crippen molar-refractivity contribution in [3.63, 3.8) is 0 Å². The van der Waals surface area contributed by atoms with E-state index in [4.69, 9.17) is 0 Å². The van der Waals surface area contributed by atoms with Gasteiger partial charge in [-0.3, -0.25) is 0 Å². The van der Waals surface area contributed by atoms with Crippen LogP contribution in [0.25, 0.3) is 0 Å². The SMILES string of the molecule is CN(C)CCCNc1cccc(Nc2n[c]ccn2)c1F. The van der Waals surface area contributed by atoms with E-state index in [1.165, 1.54) is 0 Å². The lowest BCUT2D eigenvalue weighted by Gasteiger charge is -2.13. The van der Waals surface area contributed by atoms with Crippen molar-refractivity contribution in [2.24, 2.45) is 0 Å². The average molecular weight is 288 g/mol. The minimum atomic E-state index is -0.338. The fourth-order valence-electron chi connectivity index (χ4n) is 1.83. The van der Waals surface area contributed by atoms with Crippen LogP contribution in [0, 0.1) is 12.0 Å². The Morgan fingerprint density at radius 3 is 2.81 bits per heavy atom. The van der Waals surface area contributed by atoms with Crippen LogP contribution in [0.1, 0.15) is 6.42 Å². The highest BCUT2D eigenvalue weighted by atomic mass is 19.1. The summed E-state index contributed by atoms with van der Waals surface area (Å²) in [6, 6.07) is 6.74. The molecule has 0 unspecified atom stereocenters. The number of nitrogens with one attached hydrogen (secondary N) is 2. The lowest BCUT2D eigenvalue weighted by atomic mass is 10.2. The third-order valence-electron chi connectivity index (χ3n) is 2.86. The first kappa shape index (κ1) is 15.2. The average Bonchev–Trinajstić information content (AvgIpc) is 2.48. The molecule has 0 saturated heterocycles. The summed E-state index contributed by atoms with van der Waals surface area (Å²) in [5, 5.41) is 5.95. The minimum absolute atomic E-state index is 0.321. The Hall–Kier alpha value is -2.21. The van der Waals surface area contributed by atoms with Crippen molar-refractivity contribution < 1.29 is 4.39 Å². The molecule has 1 heterocycles. The second kappa shape index (κ2) is 7.54. The molecule has 0 saturated carbocycles. The smallest absolute Gasteiger partial charge is 0.227 e. The van der Waals surface area contributed by atoms with E-state index in [9.17, 15) is 4.39 Å². The molecule has 0 fully saturated rings. The maximum atomic E-state index is 14.3. The Morgan fingerprint density at radius 1 is 1.29 bits per heavy atom. The van der Waals surface area contributed by atoms with Gasteiger partial charge in [0.1, 0.15) is 0 Å². The topological polar surface area (TPSA) is 53.1 Å². The van der Waals surface area contributed by atoms with Gasteiger partial charge in [-0.1, -0.05) is 6.07 Å². The lowest BCUT2D eigenvalue weighted by Crippen LogP contribution is -2.16. The van der Waals surface area contributed by atoms with E-state index in [1.54, 1.807) is 30.5 Å². The van der Waals surface area contributed by atoms with Crippen LogP contribution in [0.2, 0.25) is 0 Å². The predicted molar refractivity (Wildman–Crippen MR) is 82.2 cm³/mol. The molecule has 0 bridgehead atoms. The van der Waals surface area contributed by atoms with Gasteiger partial charge in [0, 0.05) is 12.7 Å². The highest BCUT2D eigenvalue weighted by Gasteiger charge is 2.08. The normalized spacial score (nSPS) is 10.7. The van der Waals surface area contributed by atoms with Gasteiger partial charge >= 0.3 is 0 Å². The van der Waals surface area contributed by atoms with Crippen LogP contribution >= 0.6 is 0 Å². The molecule has 5 nitrogen and oxygen atoms in total. The first-order valence-electron chi connectivity index (χ1n) is 6.80. The molecule has 111 valence electrons. The number of hydrogen-bond acceptors (Lipinski definition) is 5. The van der Waals surface area contributed by atoms with Crippen LogP contribution in [-0.2, 0) is 0 Å². The van der Waals surface area contributed by atoms with Gasteiger partial charge in [-0.2, -0.15) is 0 Å². The van der Waals surface area contributed by atoms with Crippen molar-refractivity contribution in [3.8, 4) is 0 Å². The van der Waals surface area contributed by atoms with Crippen molar-refractivity contribution in [1.82, 2.24) is 14.9 Å². The number of rotatable bonds is 7. The molecule has 0 aliphatic rings. The van der Waals surface area contributed by atoms with E-state index in [-0.39, 0.29) is 5.82 Å². The Balaban J connectivity index is 1.99. The van der Waals surface area contributed by atoms with Crippen LogP contribution in [0.4, 0.5) is 21.7 Å². The number of aromatic nitrogens is 2. The zero-order chi connectivity index (χ0) is 15.1. The molecule has 0 atom stereocenters. The standard InChI is InChI=1S/C15H19FN5/c1-21(2)11-5-10-17-12-6-3-7-13(14(12)16)20-15-18-8-4-9-19-15/h3-4,6-8,17H,5,10-11H2,1-2H3,(H,18,19,20). The molecule has 1 radical (unpaired) electrons. The van der Waals surface area contributed by atoms with Crippen molar-refractivity contribution >= 4 is 17.3 Å². The summed E-state index contributed by atoms with van der Waals surface area (Å²) in [5.74, 6) is -0.0176. The van der Waals surface area contributed by atoms with Gasteiger partial charge in [-0.05, 0) is 45.3 Å². The Kier molecular flexibility index (Phi) is 5.45. The Labute approximate surface area is 124 Å². The zero-order valence-electron chi connectivity index (χ0n) is 12.2. The van der Waals surface area contributed by atoms with E-state index in [0.717, 1.165) is 13.0 Å². The van der Waals surface area contributed by atoms with Crippen molar-refractivity contribution in [2.75, 3.05) is 37.8 Å². The lowest BCUT2D eigenvalue weighted by molar-refractivity contribution is 0.405. The molecule has 2 aromatic rings. The molecule has 6 heteroatoms. The second-order valence-corrected chi connectivity index (χ2v) is 4.89. The van der Waals surface area contributed by atoms with Crippen LogP contribution in [0.5, 0.6) is 0 Å². The largest absolute Gasteiger partial charge is 0.383 e. The van der Waals surface area contributed by atoms with Gasteiger partial charge in [0.25, 0.3) is 0 Å². The molecule has 2 rings (SSSR count). The number of hydrogen-bond donors (Lipinski definition) is 2. The quantitative estimate of drug-likeness (QED) is 0.767. The van der Waals surface area contributed by atoms with E-state index in [0.29, 0.717) is 23.9 Å². The number of halogens is 1. The monoisotopic (exact) mass is 288 g/mol. The third kappa shape index (κ3) is 4.68. The maximum Gasteiger partial charge on any atom is 0.227 e. The molecule has 21 heavy (non-hydrogen) atoms. The van der Waals surface area contributed by atoms with Crippen molar-refractivity contribution in [1.29, 1.82) is 0 Å². The summed E-state index contributed by atoms with van der Waals surface area (Å²) in [6.07, 6.45) is 5.15. The minimum Gasteiger partial charge on any atom is -0.383 e. The van der Waals surface area contributed by atoms with Crippen LogP contribution in [-0.4, -0.2) is 42.1 Å². The number of benzene rings is 1. The van der Waals surface area contributed by atoms with Crippen molar-refractivity contribution in [3.05, 3.63) is 42.5 Å². The summed E-state index contributed by atoms with van der Waals surface area (Å²) in [4.78, 5) is 9.99. The molecule has 0 amide bonds. The maximum absolute atomic E-state index is 14.3. The van der Waals surface area contributed by atoms with Gasteiger partial charge in [-0.25, -0.2) is 14.4 Å². The number of anilines is 3. The summed E-state index contributed by atoms with van der Waals surface area (Å²) < 4.78 is 14.3. The fraction of sp³-hybridized carbons (Fsp3) is 0.333. The molecule has 0 aliphatic carbocycles. The number of nitrogens with zero attached hydrogens (tertiary/aromatic N) is 3. The Morgan fingerprint density at radius 2 is 2.10 bits per heavy atom. The highest BCUT2D eigenvalue weighted by molar-refractivity contribution is 5.62. The van der Waals surface area contributed by atoms with Gasteiger partial charge in [0.05, 0.1) is 17.6 Å². The molecule has 0 spiro atoms. The van der Waals surface area contributed by atoms with Crippen LogP contribution in [0.15, 0.2) is 30.5 Å². The van der Waals surface area contributed by atoms with Gasteiger partial charge in [-0.15, -0.1) is 0 Å².